The standard InChI is InChI=1S/C13H15ClN2O4/c14-12-10(4-1-5-11(12)16(18)19)13(17)15-7-6-9-3-2-8-20-9/h1,4-5,9H,2-3,6-8H2,(H,15,17). The fraction of sp³-hybridized carbons (Fsp3) is 0.462. The smallest absolute Gasteiger partial charge is 0.288 e. The largest absolute Gasteiger partial charge is 0.378 e. The Balaban J connectivity index is 1.95. The molecule has 1 aliphatic rings. The first-order chi connectivity index (χ1) is 9.59. The predicted molar refractivity (Wildman–Crippen MR) is 74.0 cm³/mol. The second kappa shape index (κ2) is 6.67. The van der Waals surface area contributed by atoms with Crippen LogP contribution in [0.15, 0.2) is 18.2 Å². The van der Waals surface area contributed by atoms with E-state index in [0.717, 1.165) is 25.9 Å². The molecule has 1 heterocycles. The van der Waals surface area contributed by atoms with Crippen molar-refractivity contribution in [2.45, 2.75) is 25.4 Å². The van der Waals surface area contributed by atoms with E-state index in [1.807, 2.05) is 0 Å². The van der Waals surface area contributed by atoms with Crippen LogP contribution in [0.5, 0.6) is 0 Å². The van der Waals surface area contributed by atoms with Crippen molar-refractivity contribution in [3.05, 3.63) is 38.9 Å². The molecule has 2 rings (SSSR count). The number of carbonyl (C=O) groups is 1. The van der Waals surface area contributed by atoms with Gasteiger partial charge in [-0.1, -0.05) is 17.7 Å². The van der Waals surface area contributed by atoms with Crippen LogP contribution < -0.4 is 5.32 Å². The average molecular weight is 299 g/mol. The Morgan fingerprint density at radius 2 is 2.35 bits per heavy atom. The average Bonchev–Trinajstić information content (AvgIpc) is 2.91. The molecule has 1 saturated heterocycles. The van der Waals surface area contributed by atoms with Crippen LogP contribution in [0.2, 0.25) is 5.02 Å². The van der Waals surface area contributed by atoms with Crippen LogP contribution in [0.25, 0.3) is 0 Å². The number of ether oxygens (including phenoxy) is 1. The van der Waals surface area contributed by atoms with Crippen LogP contribution in [0.1, 0.15) is 29.6 Å². The lowest BCUT2D eigenvalue weighted by Gasteiger charge is -2.10. The van der Waals surface area contributed by atoms with Gasteiger partial charge >= 0.3 is 0 Å². The number of benzene rings is 1. The van der Waals surface area contributed by atoms with Crippen molar-refractivity contribution in [3.8, 4) is 0 Å². The number of nitro groups is 1. The van der Waals surface area contributed by atoms with Crippen molar-refractivity contribution < 1.29 is 14.5 Å². The first kappa shape index (κ1) is 14.7. The molecule has 1 aliphatic heterocycles. The van der Waals surface area contributed by atoms with Gasteiger partial charge in [0.1, 0.15) is 5.02 Å². The highest BCUT2D eigenvalue weighted by atomic mass is 35.5. The number of carbonyl (C=O) groups excluding carboxylic acids is 1. The number of nitrogens with zero attached hydrogens (tertiary/aromatic N) is 1. The van der Waals surface area contributed by atoms with Crippen LogP contribution in [0, 0.1) is 10.1 Å². The molecule has 1 unspecified atom stereocenters. The van der Waals surface area contributed by atoms with Gasteiger partial charge in [0, 0.05) is 19.2 Å². The second-order valence-electron chi connectivity index (χ2n) is 4.58. The molecule has 0 spiro atoms. The van der Waals surface area contributed by atoms with Crippen LogP contribution in [-0.4, -0.2) is 30.1 Å². The molecule has 0 saturated carbocycles. The number of rotatable bonds is 5. The lowest BCUT2D eigenvalue weighted by atomic mass is 10.1. The second-order valence-corrected chi connectivity index (χ2v) is 4.95. The van der Waals surface area contributed by atoms with Crippen LogP contribution in [-0.2, 0) is 4.74 Å². The van der Waals surface area contributed by atoms with E-state index in [1.54, 1.807) is 0 Å². The van der Waals surface area contributed by atoms with Crippen molar-refractivity contribution in [2.75, 3.05) is 13.2 Å². The summed E-state index contributed by atoms with van der Waals surface area (Å²) in [5.41, 5.74) is -0.147. The first-order valence-electron chi connectivity index (χ1n) is 6.42. The third-order valence-electron chi connectivity index (χ3n) is 3.20. The normalized spacial score (nSPS) is 17.9. The Morgan fingerprint density at radius 3 is 3.00 bits per heavy atom. The third kappa shape index (κ3) is 3.46. The van der Waals surface area contributed by atoms with Crippen molar-refractivity contribution in [3.63, 3.8) is 0 Å². The number of hydrogen-bond donors (Lipinski definition) is 1. The molecule has 20 heavy (non-hydrogen) atoms. The summed E-state index contributed by atoms with van der Waals surface area (Å²) in [4.78, 5) is 22.1. The molecule has 108 valence electrons. The number of nitro benzene ring substituents is 1. The van der Waals surface area contributed by atoms with Crippen molar-refractivity contribution in [1.29, 1.82) is 0 Å². The molecule has 1 aromatic carbocycles. The Hall–Kier alpha value is -1.66. The minimum Gasteiger partial charge on any atom is -0.378 e. The van der Waals surface area contributed by atoms with E-state index in [0.29, 0.717) is 6.54 Å². The van der Waals surface area contributed by atoms with Gasteiger partial charge in [-0.25, -0.2) is 0 Å². The van der Waals surface area contributed by atoms with Gasteiger partial charge in [0.05, 0.1) is 16.6 Å². The van der Waals surface area contributed by atoms with E-state index >= 15 is 0 Å². The van der Waals surface area contributed by atoms with E-state index in [1.165, 1.54) is 18.2 Å². The van der Waals surface area contributed by atoms with E-state index in [2.05, 4.69) is 5.32 Å². The molecule has 6 nitrogen and oxygen atoms in total. The van der Waals surface area contributed by atoms with E-state index < -0.39 is 10.8 Å². The zero-order valence-corrected chi connectivity index (χ0v) is 11.6. The summed E-state index contributed by atoms with van der Waals surface area (Å²) in [6.07, 6.45) is 2.98. The predicted octanol–water partition coefficient (Wildman–Crippen LogP) is 2.55. The molecule has 1 amide bonds. The molecular formula is C13H15ClN2O4. The van der Waals surface area contributed by atoms with Gasteiger partial charge in [0.15, 0.2) is 0 Å². The Labute approximate surface area is 121 Å². The van der Waals surface area contributed by atoms with Crippen LogP contribution in [0.3, 0.4) is 0 Å². The summed E-state index contributed by atoms with van der Waals surface area (Å²) < 4.78 is 5.45. The van der Waals surface area contributed by atoms with Crippen molar-refractivity contribution in [2.24, 2.45) is 0 Å². The zero-order valence-electron chi connectivity index (χ0n) is 10.8. The van der Waals surface area contributed by atoms with Gasteiger partial charge in [-0.15, -0.1) is 0 Å². The summed E-state index contributed by atoms with van der Waals surface area (Å²) in [6.45, 7) is 1.23. The lowest BCUT2D eigenvalue weighted by Crippen LogP contribution is -2.27. The minimum absolute atomic E-state index is 0.119. The van der Waals surface area contributed by atoms with Gasteiger partial charge in [-0.2, -0.15) is 0 Å². The fourth-order valence-corrected chi connectivity index (χ4v) is 2.43. The molecule has 7 heteroatoms. The monoisotopic (exact) mass is 298 g/mol. The first-order valence-corrected chi connectivity index (χ1v) is 6.80. The van der Waals surface area contributed by atoms with Gasteiger partial charge in [-0.3, -0.25) is 14.9 Å². The Kier molecular flexibility index (Phi) is 4.92. The highest BCUT2D eigenvalue weighted by Gasteiger charge is 2.20. The minimum atomic E-state index is -0.606. The topological polar surface area (TPSA) is 81.5 Å². The van der Waals surface area contributed by atoms with Crippen LogP contribution >= 0.6 is 11.6 Å². The molecule has 0 aliphatic carbocycles. The van der Waals surface area contributed by atoms with E-state index in [4.69, 9.17) is 16.3 Å². The highest BCUT2D eigenvalue weighted by Crippen LogP contribution is 2.27. The summed E-state index contributed by atoms with van der Waals surface area (Å²) in [6, 6.07) is 4.18. The Morgan fingerprint density at radius 1 is 1.55 bits per heavy atom. The van der Waals surface area contributed by atoms with Crippen LogP contribution in [0.4, 0.5) is 5.69 Å². The maximum Gasteiger partial charge on any atom is 0.288 e. The molecule has 1 N–H and O–H groups in total. The van der Waals surface area contributed by atoms with E-state index in [-0.39, 0.29) is 22.4 Å². The van der Waals surface area contributed by atoms with Gasteiger partial charge in [0.2, 0.25) is 0 Å². The maximum absolute atomic E-state index is 12.0. The number of hydrogen-bond acceptors (Lipinski definition) is 4. The molecule has 1 fully saturated rings. The van der Waals surface area contributed by atoms with Crippen molar-refractivity contribution in [1.82, 2.24) is 5.32 Å². The summed E-state index contributed by atoms with van der Waals surface area (Å²) in [5.74, 6) is -0.406. The van der Waals surface area contributed by atoms with E-state index in [9.17, 15) is 14.9 Å². The Bertz CT molecular complexity index is 515. The number of nitrogens with one attached hydrogen (secondary N) is 1. The number of amides is 1. The molecule has 1 atom stereocenters. The highest BCUT2D eigenvalue weighted by molar-refractivity contribution is 6.35. The van der Waals surface area contributed by atoms with Crippen molar-refractivity contribution >= 4 is 23.2 Å². The molecular weight excluding hydrogens is 284 g/mol. The SMILES string of the molecule is O=C(NCCC1CCCO1)c1cccc([N+](=O)[O-])c1Cl. The molecule has 0 bridgehead atoms. The molecule has 0 radical (unpaired) electrons. The fourth-order valence-electron chi connectivity index (χ4n) is 2.15. The summed E-state index contributed by atoms with van der Waals surface area (Å²) >= 11 is 5.88. The summed E-state index contributed by atoms with van der Waals surface area (Å²) in [7, 11) is 0. The quantitative estimate of drug-likeness (QED) is 0.669. The van der Waals surface area contributed by atoms with Gasteiger partial charge in [0.25, 0.3) is 11.6 Å². The summed E-state index contributed by atoms with van der Waals surface area (Å²) in [5, 5.41) is 13.3. The van der Waals surface area contributed by atoms with Gasteiger partial charge in [-0.05, 0) is 25.3 Å². The zero-order chi connectivity index (χ0) is 14.5. The van der Waals surface area contributed by atoms with Gasteiger partial charge < -0.3 is 10.1 Å². The molecule has 0 aromatic heterocycles. The maximum atomic E-state index is 12.0. The lowest BCUT2D eigenvalue weighted by molar-refractivity contribution is -0.384. The molecule has 1 aromatic rings. The number of halogens is 1. The third-order valence-corrected chi connectivity index (χ3v) is 3.59.